The zero-order chi connectivity index (χ0) is 14.8. The molecule has 1 heterocycles. The van der Waals surface area contributed by atoms with E-state index in [4.69, 9.17) is 0 Å². The summed E-state index contributed by atoms with van der Waals surface area (Å²) in [5.74, 6) is 0. The van der Waals surface area contributed by atoms with E-state index in [2.05, 4.69) is 80.1 Å². The van der Waals surface area contributed by atoms with Crippen LogP contribution in [0, 0.1) is 6.92 Å². The van der Waals surface area contributed by atoms with Crippen molar-refractivity contribution in [3.63, 3.8) is 0 Å². The molecule has 0 aliphatic heterocycles. The van der Waals surface area contributed by atoms with Crippen LogP contribution in [-0.2, 0) is 13.5 Å². The second-order valence-electron chi connectivity index (χ2n) is 5.74. The smallest absolute Gasteiger partial charge is 0.194 e. The number of fused-ring (bicyclic) bond motifs is 1. The highest BCUT2D eigenvalue weighted by atomic mass is 14.9. The Morgan fingerprint density at radius 3 is 2.57 bits per heavy atom. The van der Waals surface area contributed by atoms with Gasteiger partial charge in [-0.05, 0) is 42.7 Å². The molecular weight excluding hydrogens is 254 g/mol. The maximum atomic E-state index is 2.35. The SMILES string of the molecule is CCCc1ccc(C)c(-c2ccc3ccccc3[n+]2C)c1. The van der Waals surface area contributed by atoms with Gasteiger partial charge in [-0.3, -0.25) is 0 Å². The molecule has 0 saturated heterocycles. The van der Waals surface area contributed by atoms with E-state index in [1.165, 1.54) is 39.7 Å². The number of rotatable bonds is 3. The third-order valence-electron chi connectivity index (χ3n) is 4.20. The van der Waals surface area contributed by atoms with E-state index in [1.54, 1.807) is 0 Å². The minimum atomic E-state index is 1.14. The molecule has 0 fully saturated rings. The fraction of sp³-hybridized carbons (Fsp3) is 0.250. The van der Waals surface area contributed by atoms with Gasteiger partial charge in [0, 0.05) is 23.1 Å². The van der Waals surface area contributed by atoms with Crippen LogP contribution in [0.25, 0.3) is 22.2 Å². The first kappa shape index (κ1) is 13.8. The maximum absolute atomic E-state index is 2.35. The zero-order valence-electron chi connectivity index (χ0n) is 13.1. The van der Waals surface area contributed by atoms with Crippen molar-refractivity contribution < 1.29 is 4.57 Å². The Labute approximate surface area is 126 Å². The average molecular weight is 276 g/mol. The van der Waals surface area contributed by atoms with Crippen molar-refractivity contribution >= 4 is 10.9 Å². The molecule has 0 saturated carbocycles. The Balaban J connectivity index is 2.20. The van der Waals surface area contributed by atoms with Gasteiger partial charge in [0.15, 0.2) is 0 Å². The molecule has 3 rings (SSSR count). The second-order valence-corrected chi connectivity index (χ2v) is 5.74. The fourth-order valence-electron chi connectivity index (χ4n) is 3.00. The molecule has 0 unspecified atom stereocenters. The van der Waals surface area contributed by atoms with Gasteiger partial charge < -0.3 is 0 Å². The summed E-state index contributed by atoms with van der Waals surface area (Å²) >= 11 is 0. The normalized spacial score (nSPS) is 11.0. The Hall–Kier alpha value is -2.15. The summed E-state index contributed by atoms with van der Waals surface area (Å²) in [5.41, 5.74) is 6.65. The minimum Gasteiger partial charge on any atom is -0.194 e. The Kier molecular flexibility index (Phi) is 3.74. The molecular formula is C20H22N+. The number of hydrogen-bond acceptors (Lipinski definition) is 0. The third kappa shape index (κ3) is 2.56. The van der Waals surface area contributed by atoms with Crippen molar-refractivity contribution in [3.8, 4) is 11.3 Å². The Morgan fingerprint density at radius 1 is 0.952 bits per heavy atom. The van der Waals surface area contributed by atoms with Gasteiger partial charge in [-0.1, -0.05) is 37.6 Å². The van der Waals surface area contributed by atoms with Crippen LogP contribution < -0.4 is 4.57 Å². The standard InChI is InChI=1S/C20H22N/c1-4-7-16-11-10-15(2)18(14-16)20-13-12-17-8-5-6-9-19(17)21(20)3/h5-6,8-14H,4,7H2,1-3H3/q+1. The summed E-state index contributed by atoms with van der Waals surface area (Å²) in [7, 11) is 2.16. The summed E-state index contributed by atoms with van der Waals surface area (Å²) in [6.45, 7) is 4.43. The molecule has 21 heavy (non-hydrogen) atoms. The zero-order valence-corrected chi connectivity index (χ0v) is 13.1. The molecule has 0 bridgehead atoms. The topological polar surface area (TPSA) is 3.88 Å². The van der Waals surface area contributed by atoms with Gasteiger partial charge in [-0.25, -0.2) is 0 Å². The number of para-hydroxylation sites is 1. The first-order valence-electron chi connectivity index (χ1n) is 7.68. The number of benzene rings is 2. The molecule has 2 aromatic carbocycles. The minimum absolute atomic E-state index is 1.14. The van der Waals surface area contributed by atoms with E-state index in [0.717, 1.165) is 6.42 Å². The van der Waals surface area contributed by atoms with Crippen molar-refractivity contribution in [2.75, 3.05) is 0 Å². The van der Waals surface area contributed by atoms with E-state index in [9.17, 15) is 0 Å². The monoisotopic (exact) mass is 276 g/mol. The number of aryl methyl sites for hydroxylation is 3. The van der Waals surface area contributed by atoms with E-state index < -0.39 is 0 Å². The maximum Gasteiger partial charge on any atom is 0.213 e. The van der Waals surface area contributed by atoms with Crippen molar-refractivity contribution in [1.82, 2.24) is 0 Å². The number of aromatic nitrogens is 1. The lowest BCUT2D eigenvalue weighted by atomic mass is 9.99. The van der Waals surface area contributed by atoms with Crippen molar-refractivity contribution in [2.45, 2.75) is 26.7 Å². The molecule has 3 aromatic rings. The average Bonchev–Trinajstić information content (AvgIpc) is 2.51. The fourth-order valence-corrected chi connectivity index (χ4v) is 3.00. The summed E-state index contributed by atoms with van der Waals surface area (Å²) in [4.78, 5) is 0. The van der Waals surface area contributed by atoms with Crippen LogP contribution in [0.5, 0.6) is 0 Å². The molecule has 0 N–H and O–H groups in total. The van der Waals surface area contributed by atoms with Crippen LogP contribution in [0.1, 0.15) is 24.5 Å². The highest BCUT2D eigenvalue weighted by molar-refractivity contribution is 5.77. The molecule has 106 valence electrons. The van der Waals surface area contributed by atoms with Crippen LogP contribution in [0.4, 0.5) is 0 Å². The third-order valence-corrected chi connectivity index (χ3v) is 4.20. The van der Waals surface area contributed by atoms with Gasteiger partial charge in [0.05, 0.1) is 0 Å². The van der Waals surface area contributed by atoms with E-state index in [-0.39, 0.29) is 0 Å². The number of hydrogen-bond donors (Lipinski definition) is 0. The lowest BCUT2D eigenvalue weighted by molar-refractivity contribution is -0.633. The van der Waals surface area contributed by atoms with Gasteiger partial charge in [-0.2, -0.15) is 4.57 Å². The molecule has 0 atom stereocenters. The summed E-state index contributed by atoms with van der Waals surface area (Å²) in [5, 5.41) is 1.28. The van der Waals surface area contributed by atoms with Crippen LogP contribution in [0.3, 0.4) is 0 Å². The van der Waals surface area contributed by atoms with E-state index >= 15 is 0 Å². The highest BCUT2D eigenvalue weighted by Gasteiger charge is 2.15. The van der Waals surface area contributed by atoms with Gasteiger partial charge in [0.2, 0.25) is 11.2 Å². The van der Waals surface area contributed by atoms with Gasteiger partial charge in [-0.15, -0.1) is 0 Å². The number of nitrogens with zero attached hydrogens (tertiary/aromatic N) is 1. The molecule has 0 spiro atoms. The lowest BCUT2D eigenvalue weighted by Gasteiger charge is -2.08. The molecule has 1 nitrogen and oxygen atoms in total. The van der Waals surface area contributed by atoms with E-state index in [1.807, 2.05) is 0 Å². The van der Waals surface area contributed by atoms with Crippen LogP contribution in [-0.4, -0.2) is 0 Å². The van der Waals surface area contributed by atoms with Crippen molar-refractivity contribution in [1.29, 1.82) is 0 Å². The first-order chi connectivity index (χ1) is 10.2. The van der Waals surface area contributed by atoms with Gasteiger partial charge >= 0.3 is 0 Å². The van der Waals surface area contributed by atoms with Crippen LogP contribution in [0.2, 0.25) is 0 Å². The summed E-state index contributed by atoms with van der Waals surface area (Å²) in [6.07, 6.45) is 2.33. The number of pyridine rings is 1. The molecule has 1 heteroatoms. The summed E-state index contributed by atoms with van der Waals surface area (Å²) in [6, 6.07) is 19.9. The van der Waals surface area contributed by atoms with Gasteiger partial charge in [0.25, 0.3) is 0 Å². The molecule has 0 radical (unpaired) electrons. The summed E-state index contributed by atoms with van der Waals surface area (Å²) < 4.78 is 2.30. The van der Waals surface area contributed by atoms with Crippen LogP contribution >= 0.6 is 0 Å². The van der Waals surface area contributed by atoms with Crippen molar-refractivity contribution in [2.24, 2.45) is 7.05 Å². The van der Waals surface area contributed by atoms with Crippen LogP contribution in [0.15, 0.2) is 54.6 Å². The quantitative estimate of drug-likeness (QED) is 0.616. The van der Waals surface area contributed by atoms with Gasteiger partial charge in [0.1, 0.15) is 7.05 Å². The highest BCUT2D eigenvalue weighted by Crippen LogP contribution is 2.24. The Bertz CT molecular complexity index is 787. The molecule has 0 aliphatic carbocycles. The lowest BCUT2D eigenvalue weighted by Crippen LogP contribution is -2.32. The molecule has 1 aromatic heterocycles. The predicted octanol–water partition coefficient (Wildman–Crippen LogP) is 4.59. The van der Waals surface area contributed by atoms with Crippen molar-refractivity contribution in [3.05, 3.63) is 65.7 Å². The largest absolute Gasteiger partial charge is 0.213 e. The molecule has 0 amide bonds. The second kappa shape index (κ2) is 5.69. The van der Waals surface area contributed by atoms with E-state index in [0.29, 0.717) is 0 Å². The predicted molar refractivity (Wildman–Crippen MR) is 89.3 cm³/mol. The first-order valence-corrected chi connectivity index (χ1v) is 7.68. The molecule has 0 aliphatic rings. The Morgan fingerprint density at radius 2 is 1.76 bits per heavy atom.